The van der Waals surface area contributed by atoms with Crippen molar-refractivity contribution >= 4 is 26.7 Å². The molecule has 1 atom stereocenters. The van der Waals surface area contributed by atoms with Crippen molar-refractivity contribution in [3.05, 3.63) is 63.9 Å². The number of nitrogens with zero attached hydrogens (tertiary/aromatic N) is 1. The minimum atomic E-state index is -1.32. The highest BCUT2D eigenvalue weighted by atomic mass is 79.9. The fraction of sp³-hybridized carbons (Fsp3) is 0.0833. The summed E-state index contributed by atoms with van der Waals surface area (Å²) in [5.41, 5.74) is 0.932. The summed E-state index contributed by atoms with van der Waals surface area (Å²) in [7, 11) is -1.32. The molecule has 1 aromatic carbocycles. The van der Waals surface area contributed by atoms with Gasteiger partial charge in [0, 0.05) is 16.6 Å². The van der Waals surface area contributed by atoms with E-state index in [4.69, 9.17) is 0 Å². The summed E-state index contributed by atoms with van der Waals surface area (Å²) in [5.74, 6) is 0.339. The Bertz CT molecular complexity index is 560. The van der Waals surface area contributed by atoms with Gasteiger partial charge in [0.05, 0.1) is 5.75 Å². The Morgan fingerprint density at radius 3 is 2.76 bits per heavy atom. The van der Waals surface area contributed by atoms with Crippen LogP contribution in [0.5, 0.6) is 0 Å². The molecule has 0 bridgehead atoms. The van der Waals surface area contributed by atoms with E-state index < -0.39 is 10.8 Å². The fourth-order valence-corrected chi connectivity index (χ4v) is 3.01. The summed E-state index contributed by atoms with van der Waals surface area (Å²) < 4.78 is 13.6. The summed E-state index contributed by atoms with van der Waals surface area (Å²) in [5, 5.41) is 11.7. The van der Waals surface area contributed by atoms with Crippen LogP contribution in [0.15, 0.2) is 58.2 Å². The van der Waals surface area contributed by atoms with E-state index in [9.17, 15) is 9.42 Å². The van der Waals surface area contributed by atoms with Gasteiger partial charge in [0.2, 0.25) is 0 Å². The number of hydrogen-bond acceptors (Lipinski definition) is 2. The van der Waals surface area contributed by atoms with Crippen LogP contribution < -0.4 is 4.73 Å². The third-order valence-corrected chi connectivity index (χ3v) is 4.08. The van der Waals surface area contributed by atoms with E-state index in [1.165, 1.54) is 6.20 Å². The molecule has 1 aromatic heterocycles. The van der Waals surface area contributed by atoms with Crippen molar-refractivity contribution < 1.29 is 8.94 Å². The Kier molecular flexibility index (Phi) is 3.91. The molecule has 0 fully saturated rings. The van der Waals surface area contributed by atoms with Crippen molar-refractivity contribution in [3.8, 4) is 0 Å². The summed E-state index contributed by atoms with van der Waals surface area (Å²) in [6.45, 7) is 0. The van der Waals surface area contributed by atoms with Crippen molar-refractivity contribution in [2.75, 3.05) is 0 Å². The van der Waals surface area contributed by atoms with Gasteiger partial charge in [0.1, 0.15) is 10.8 Å². The maximum atomic E-state index is 12.0. The van der Waals surface area contributed by atoms with Crippen molar-refractivity contribution in [2.24, 2.45) is 0 Å². The van der Waals surface area contributed by atoms with Gasteiger partial charge in [-0.3, -0.25) is 0 Å². The smallest absolute Gasteiger partial charge is 0.281 e. The zero-order valence-corrected chi connectivity index (χ0v) is 11.3. The molecule has 5 heteroatoms. The maximum Gasteiger partial charge on any atom is 0.281 e. The minimum Gasteiger partial charge on any atom is -0.618 e. The Morgan fingerprint density at radius 1 is 1.24 bits per heavy atom. The Balaban J connectivity index is 2.20. The highest BCUT2D eigenvalue weighted by molar-refractivity contribution is 9.10. The molecule has 3 nitrogen and oxygen atoms in total. The zero-order chi connectivity index (χ0) is 12.3. The second kappa shape index (κ2) is 5.42. The topological polar surface area (TPSA) is 44.0 Å². The Hall–Kier alpha value is -1.20. The number of hydrogen-bond donors (Lipinski definition) is 0. The Morgan fingerprint density at radius 2 is 2.06 bits per heavy atom. The van der Waals surface area contributed by atoms with Crippen LogP contribution in [0.2, 0.25) is 0 Å². The van der Waals surface area contributed by atoms with Crippen LogP contribution in [-0.2, 0) is 16.6 Å². The molecule has 0 N–H and O–H groups in total. The zero-order valence-electron chi connectivity index (χ0n) is 8.88. The van der Waals surface area contributed by atoms with Gasteiger partial charge in [-0.25, -0.2) is 4.21 Å². The molecule has 0 saturated heterocycles. The summed E-state index contributed by atoms with van der Waals surface area (Å²) >= 11 is 3.36. The van der Waals surface area contributed by atoms with Crippen molar-refractivity contribution in [3.63, 3.8) is 0 Å². The van der Waals surface area contributed by atoms with Crippen molar-refractivity contribution in [1.82, 2.24) is 0 Å². The van der Waals surface area contributed by atoms with Crippen LogP contribution in [0, 0.1) is 5.21 Å². The van der Waals surface area contributed by atoms with Gasteiger partial charge in [0.25, 0.3) is 5.03 Å². The predicted molar refractivity (Wildman–Crippen MR) is 69.7 cm³/mol. The molecule has 1 heterocycles. The number of benzene rings is 1. The van der Waals surface area contributed by atoms with Crippen LogP contribution in [0.4, 0.5) is 0 Å². The van der Waals surface area contributed by atoms with Gasteiger partial charge >= 0.3 is 0 Å². The van der Waals surface area contributed by atoms with E-state index in [-0.39, 0.29) is 5.03 Å². The standard InChI is InChI=1S/C12H10BrNO2S/c13-11-5-3-4-10(8-11)9-17(16)12-6-1-2-7-14(12)15/h1-8H,9H2. The second-order valence-electron chi connectivity index (χ2n) is 3.48. The van der Waals surface area contributed by atoms with Crippen molar-refractivity contribution in [2.45, 2.75) is 10.8 Å². The molecular weight excluding hydrogens is 302 g/mol. The number of halogens is 1. The lowest BCUT2D eigenvalue weighted by Gasteiger charge is -2.04. The number of rotatable bonds is 3. The van der Waals surface area contributed by atoms with Gasteiger partial charge in [-0.15, -0.1) is 0 Å². The summed E-state index contributed by atoms with van der Waals surface area (Å²) in [6.07, 6.45) is 1.36. The molecule has 1 unspecified atom stereocenters. The predicted octanol–water partition coefficient (Wildman–Crippen LogP) is 2.39. The van der Waals surface area contributed by atoms with E-state index in [0.717, 1.165) is 10.0 Å². The van der Waals surface area contributed by atoms with Crippen LogP contribution in [0.1, 0.15) is 5.56 Å². The molecule has 0 amide bonds. The molecule has 0 spiro atoms. The highest BCUT2D eigenvalue weighted by Crippen LogP contribution is 2.14. The quantitative estimate of drug-likeness (QED) is 0.645. The monoisotopic (exact) mass is 311 g/mol. The molecule has 88 valence electrons. The lowest BCUT2D eigenvalue weighted by atomic mass is 10.2. The van der Waals surface area contributed by atoms with Crippen molar-refractivity contribution in [1.29, 1.82) is 0 Å². The Labute approximate surface area is 110 Å². The third kappa shape index (κ3) is 3.14. The molecule has 2 rings (SSSR count). The molecule has 0 saturated carbocycles. The SMILES string of the molecule is O=S(Cc1cccc(Br)c1)c1cccc[n+]1[O-]. The first-order valence-corrected chi connectivity index (χ1v) is 7.09. The normalized spacial score (nSPS) is 12.3. The van der Waals surface area contributed by atoms with Crippen LogP contribution in [0.25, 0.3) is 0 Å². The van der Waals surface area contributed by atoms with E-state index in [1.807, 2.05) is 24.3 Å². The molecule has 0 aliphatic carbocycles. The van der Waals surface area contributed by atoms with Crippen LogP contribution >= 0.6 is 15.9 Å². The molecule has 2 aromatic rings. The van der Waals surface area contributed by atoms with E-state index >= 15 is 0 Å². The average molecular weight is 312 g/mol. The molecule has 17 heavy (non-hydrogen) atoms. The number of aromatic nitrogens is 1. The van der Waals surface area contributed by atoms with Gasteiger partial charge in [-0.2, -0.15) is 4.73 Å². The van der Waals surface area contributed by atoms with Gasteiger partial charge in [0.15, 0.2) is 6.20 Å². The lowest BCUT2D eigenvalue weighted by Crippen LogP contribution is -2.31. The van der Waals surface area contributed by atoms with Gasteiger partial charge in [-0.05, 0) is 23.8 Å². The lowest BCUT2D eigenvalue weighted by molar-refractivity contribution is -0.646. The molecular formula is C12H10BrNO2S. The minimum absolute atomic E-state index is 0.285. The molecule has 0 aliphatic rings. The summed E-state index contributed by atoms with van der Waals surface area (Å²) in [6, 6.07) is 12.5. The third-order valence-electron chi connectivity index (χ3n) is 2.21. The first-order chi connectivity index (χ1) is 8.16. The van der Waals surface area contributed by atoms with E-state index in [2.05, 4.69) is 15.9 Å². The second-order valence-corrected chi connectivity index (χ2v) is 5.80. The highest BCUT2D eigenvalue weighted by Gasteiger charge is 2.13. The average Bonchev–Trinajstić information content (AvgIpc) is 2.29. The molecule has 0 aliphatic heterocycles. The van der Waals surface area contributed by atoms with E-state index in [1.54, 1.807) is 18.2 Å². The largest absolute Gasteiger partial charge is 0.618 e. The maximum absolute atomic E-state index is 12.0. The fourth-order valence-electron chi connectivity index (χ4n) is 1.44. The number of pyridine rings is 1. The van der Waals surface area contributed by atoms with Gasteiger partial charge in [-0.1, -0.05) is 28.1 Å². The van der Waals surface area contributed by atoms with Crippen LogP contribution in [0.3, 0.4) is 0 Å². The van der Waals surface area contributed by atoms with E-state index in [0.29, 0.717) is 10.5 Å². The summed E-state index contributed by atoms with van der Waals surface area (Å²) in [4.78, 5) is 0. The first kappa shape index (κ1) is 12.3. The van der Waals surface area contributed by atoms with Gasteiger partial charge < -0.3 is 5.21 Å². The molecule has 0 radical (unpaired) electrons. The van der Waals surface area contributed by atoms with Crippen LogP contribution in [-0.4, -0.2) is 4.21 Å². The first-order valence-electron chi connectivity index (χ1n) is 4.98.